The fourth-order valence-electron chi connectivity index (χ4n) is 2.70. The Kier molecular flexibility index (Phi) is 3.68. The van der Waals surface area contributed by atoms with Gasteiger partial charge in [-0.05, 0) is 24.6 Å². The van der Waals surface area contributed by atoms with Gasteiger partial charge in [0.15, 0.2) is 9.84 Å². The summed E-state index contributed by atoms with van der Waals surface area (Å²) in [6.07, 6.45) is 1.16. The third-order valence-corrected chi connectivity index (χ3v) is 5.16. The summed E-state index contributed by atoms with van der Waals surface area (Å²) in [7, 11) is -3.31. The Balaban J connectivity index is 2.33. The van der Waals surface area contributed by atoms with E-state index < -0.39 is 32.4 Å². The molecule has 1 saturated carbocycles. The van der Waals surface area contributed by atoms with Gasteiger partial charge >= 0.3 is 0 Å². The summed E-state index contributed by atoms with van der Waals surface area (Å²) in [5.74, 6) is -0.805. The highest BCUT2D eigenvalue weighted by Crippen LogP contribution is 2.54. The van der Waals surface area contributed by atoms with Gasteiger partial charge in [0.25, 0.3) is 0 Å². The summed E-state index contributed by atoms with van der Waals surface area (Å²) < 4.78 is 42.2. The average Bonchev–Trinajstić information content (AvgIpc) is 2.94. The lowest BCUT2D eigenvalue weighted by molar-refractivity contribution is 0.125. The van der Waals surface area contributed by atoms with Crippen molar-refractivity contribution in [2.75, 3.05) is 19.5 Å². The quantitative estimate of drug-likeness (QED) is 0.879. The molecule has 0 heterocycles. The van der Waals surface area contributed by atoms with E-state index in [1.165, 1.54) is 12.1 Å². The van der Waals surface area contributed by atoms with Crippen LogP contribution in [0.4, 0.5) is 4.39 Å². The monoisotopic (exact) mass is 287 g/mol. The van der Waals surface area contributed by atoms with Crippen molar-refractivity contribution in [3.05, 3.63) is 35.6 Å². The smallest absolute Gasteiger partial charge is 0.152 e. The number of ether oxygens (including phenoxy) is 1. The lowest BCUT2D eigenvalue weighted by Gasteiger charge is -2.11. The summed E-state index contributed by atoms with van der Waals surface area (Å²) in [4.78, 5) is 0. The van der Waals surface area contributed by atoms with Crippen LogP contribution in [0.1, 0.15) is 18.4 Å². The topological polar surface area (TPSA) is 69.4 Å². The highest BCUT2D eigenvalue weighted by atomic mass is 32.2. The molecule has 1 aliphatic carbocycles. The summed E-state index contributed by atoms with van der Waals surface area (Å²) in [6, 6.07) is 5.92. The molecule has 6 heteroatoms. The van der Waals surface area contributed by atoms with Crippen LogP contribution in [-0.4, -0.2) is 38.7 Å². The Bertz CT molecular complexity index is 575. The minimum Gasteiger partial charge on any atom is -0.380 e. The van der Waals surface area contributed by atoms with Gasteiger partial charge in [-0.2, -0.15) is 0 Å². The molecule has 1 fully saturated rings. The lowest BCUT2D eigenvalue weighted by atomic mass is 10.1. The highest BCUT2D eigenvalue weighted by Gasteiger charge is 2.68. The van der Waals surface area contributed by atoms with Crippen molar-refractivity contribution in [1.82, 2.24) is 0 Å². The Morgan fingerprint density at radius 3 is 2.68 bits per heavy atom. The molecule has 2 rings (SSSR count). The van der Waals surface area contributed by atoms with Crippen molar-refractivity contribution < 1.29 is 17.5 Å². The molecule has 0 amide bonds. The molecule has 0 unspecified atom stereocenters. The van der Waals surface area contributed by atoms with Crippen molar-refractivity contribution in [3.8, 4) is 0 Å². The van der Waals surface area contributed by atoms with E-state index in [9.17, 15) is 12.8 Å². The first-order valence-corrected chi connectivity index (χ1v) is 8.07. The van der Waals surface area contributed by atoms with Gasteiger partial charge < -0.3 is 10.5 Å². The highest BCUT2D eigenvalue weighted by molar-refractivity contribution is 7.91. The second-order valence-electron chi connectivity index (χ2n) is 5.03. The molecule has 0 saturated heterocycles. The second kappa shape index (κ2) is 4.85. The minimum atomic E-state index is -3.31. The van der Waals surface area contributed by atoms with Crippen LogP contribution < -0.4 is 5.73 Å². The molecule has 106 valence electrons. The Labute approximate surface area is 112 Å². The summed E-state index contributed by atoms with van der Waals surface area (Å²) >= 11 is 0. The van der Waals surface area contributed by atoms with Crippen LogP contribution in [0.15, 0.2) is 24.3 Å². The molecule has 3 atom stereocenters. The van der Waals surface area contributed by atoms with Gasteiger partial charge in [0.2, 0.25) is 0 Å². The van der Waals surface area contributed by atoms with Gasteiger partial charge in [0, 0.05) is 18.8 Å². The summed E-state index contributed by atoms with van der Waals surface area (Å²) in [6.45, 7) is 2.44. The number of rotatable bonds is 5. The Morgan fingerprint density at radius 2 is 2.16 bits per heavy atom. The number of hydrogen-bond donors (Lipinski definition) is 1. The Hall–Kier alpha value is -0.980. The van der Waals surface area contributed by atoms with Gasteiger partial charge in [0.05, 0.1) is 17.4 Å². The summed E-state index contributed by atoms with van der Waals surface area (Å²) in [5, 5.41) is -0.714. The minimum absolute atomic E-state index is 0.155. The molecule has 0 spiro atoms. The molecule has 1 aliphatic rings. The molecule has 2 N–H and O–H groups in total. The number of nitrogens with two attached hydrogens (primary N) is 1. The second-order valence-corrected chi connectivity index (χ2v) is 7.20. The van der Waals surface area contributed by atoms with Crippen LogP contribution >= 0.6 is 0 Å². The Morgan fingerprint density at radius 1 is 1.47 bits per heavy atom. The van der Waals surface area contributed by atoms with E-state index in [1.54, 1.807) is 12.1 Å². The predicted octanol–water partition coefficient (Wildman–Crippen LogP) is 1.07. The molecular formula is C13H18FNO3S. The van der Waals surface area contributed by atoms with Crippen LogP contribution in [0, 0.1) is 5.82 Å². The normalized spacial score (nSPS) is 30.3. The van der Waals surface area contributed by atoms with Gasteiger partial charge in [0.1, 0.15) is 5.82 Å². The zero-order valence-corrected chi connectivity index (χ0v) is 11.8. The summed E-state index contributed by atoms with van der Waals surface area (Å²) in [5.41, 5.74) is 5.81. The molecular weight excluding hydrogens is 269 g/mol. The van der Waals surface area contributed by atoms with E-state index in [0.29, 0.717) is 12.2 Å². The largest absolute Gasteiger partial charge is 0.380 e. The van der Waals surface area contributed by atoms with Crippen molar-refractivity contribution in [2.45, 2.75) is 23.6 Å². The van der Waals surface area contributed by atoms with E-state index in [-0.39, 0.29) is 6.61 Å². The standard InChI is InChI=1S/C13H18FNO3S/c1-3-18-8-13(15)11(12(13)19(2,16)17)9-5-4-6-10(14)7-9/h4-7,11-12H,3,8,15H2,1-2H3/t11-,12-,13-/m0/s1. The first-order chi connectivity index (χ1) is 8.80. The molecule has 19 heavy (non-hydrogen) atoms. The molecule has 0 radical (unpaired) electrons. The number of halogens is 1. The van der Waals surface area contributed by atoms with Gasteiger partial charge in [-0.3, -0.25) is 0 Å². The predicted molar refractivity (Wildman–Crippen MR) is 71.2 cm³/mol. The SMILES string of the molecule is CCOC[C@]1(N)[C@@H](c2cccc(F)c2)[C@@H]1S(C)(=O)=O. The first kappa shape index (κ1) is 14.4. The van der Waals surface area contributed by atoms with E-state index in [1.807, 2.05) is 6.92 Å². The van der Waals surface area contributed by atoms with E-state index in [2.05, 4.69) is 0 Å². The van der Waals surface area contributed by atoms with Crippen LogP contribution in [0.5, 0.6) is 0 Å². The number of benzene rings is 1. The van der Waals surface area contributed by atoms with Crippen LogP contribution in [0.25, 0.3) is 0 Å². The third-order valence-electron chi connectivity index (χ3n) is 3.53. The molecule has 0 aromatic heterocycles. The number of sulfone groups is 1. The van der Waals surface area contributed by atoms with Crippen LogP contribution in [-0.2, 0) is 14.6 Å². The fraction of sp³-hybridized carbons (Fsp3) is 0.538. The maximum atomic E-state index is 13.3. The third kappa shape index (κ3) is 2.66. The van der Waals surface area contributed by atoms with Crippen molar-refractivity contribution >= 4 is 9.84 Å². The number of hydrogen-bond acceptors (Lipinski definition) is 4. The van der Waals surface area contributed by atoms with E-state index in [0.717, 1.165) is 6.26 Å². The molecule has 0 bridgehead atoms. The van der Waals surface area contributed by atoms with E-state index >= 15 is 0 Å². The lowest BCUT2D eigenvalue weighted by Crippen LogP contribution is -2.36. The van der Waals surface area contributed by atoms with Gasteiger partial charge in [-0.25, -0.2) is 12.8 Å². The maximum absolute atomic E-state index is 13.3. The van der Waals surface area contributed by atoms with Crippen molar-refractivity contribution in [3.63, 3.8) is 0 Å². The molecule has 4 nitrogen and oxygen atoms in total. The molecule has 0 aliphatic heterocycles. The van der Waals surface area contributed by atoms with Crippen molar-refractivity contribution in [2.24, 2.45) is 5.73 Å². The maximum Gasteiger partial charge on any atom is 0.152 e. The van der Waals surface area contributed by atoms with Crippen LogP contribution in [0.2, 0.25) is 0 Å². The first-order valence-electron chi connectivity index (χ1n) is 6.11. The fourth-order valence-corrected chi connectivity index (χ4v) is 4.54. The zero-order chi connectivity index (χ0) is 14.3. The van der Waals surface area contributed by atoms with Gasteiger partial charge in [-0.1, -0.05) is 12.1 Å². The molecule has 1 aromatic rings. The molecule has 1 aromatic carbocycles. The van der Waals surface area contributed by atoms with Crippen LogP contribution in [0.3, 0.4) is 0 Å². The van der Waals surface area contributed by atoms with Crippen molar-refractivity contribution in [1.29, 1.82) is 0 Å². The van der Waals surface area contributed by atoms with Gasteiger partial charge in [-0.15, -0.1) is 0 Å². The van der Waals surface area contributed by atoms with E-state index in [4.69, 9.17) is 10.5 Å². The average molecular weight is 287 g/mol. The zero-order valence-electron chi connectivity index (χ0n) is 11.0.